The Morgan fingerprint density at radius 3 is 2.77 bits per heavy atom. The first-order chi connectivity index (χ1) is 17.0. The zero-order chi connectivity index (χ0) is 24.4. The van der Waals surface area contributed by atoms with Gasteiger partial charge in [-0.25, -0.2) is 4.39 Å². The van der Waals surface area contributed by atoms with Crippen molar-refractivity contribution in [2.75, 3.05) is 13.1 Å². The number of amides is 1. The van der Waals surface area contributed by atoms with Crippen molar-refractivity contribution in [3.05, 3.63) is 71.8 Å². The molecule has 2 aromatic carbocycles. The summed E-state index contributed by atoms with van der Waals surface area (Å²) in [6, 6.07) is 12.6. The van der Waals surface area contributed by atoms with Crippen LogP contribution in [0.1, 0.15) is 35.7 Å². The summed E-state index contributed by atoms with van der Waals surface area (Å²) in [7, 11) is 1.88. The zero-order valence-corrected chi connectivity index (χ0v) is 19.8. The lowest BCUT2D eigenvalue weighted by Gasteiger charge is -2.24. The molecule has 1 fully saturated rings. The van der Waals surface area contributed by atoms with Gasteiger partial charge in [-0.1, -0.05) is 6.92 Å². The van der Waals surface area contributed by atoms with E-state index in [1.165, 1.54) is 6.07 Å². The molecule has 0 spiro atoms. The number of carbonyl (C=O) groups is 1. The van der Waals surface area contributed by atoms with Gasteiger partial charge in [0.2, 0.25) is 0 Å². The maximum absolute atomic E-state index is 15.3. The zero-order valence-electron chi connectivity index (χ0n) is 19.8. The molecule has 2 aromatic heterocycles. The fourth-order valence-electron chi connectivity index (χ4n) is 4.52. The molecule has 0 radical (unpaired) electrons. The molecular weight excluding hydrogens is 445 g/mol. The summed E-state index contributed by atoms with van der Waals surface area (Å²) in [5, 5.41) is 11.6. The first-order valence-corrected chi connectivity index (χ1v) is 11.9. The monoisotopic (exact) mass is 473 g/mol. The van der Waals surface area contributed by atoms with Crippen molar-refractivity contribution in [1.29, 1.82) is 0 Å². The second kappa shape index (κ2) is 9.84. The van der Waals surface area contributed by atoms with Crippen molar-refractivity contribution in [2.24, 2.45) is 7.05 Å². The number of hydrogen-bond acceptors (Lipinski definition) is 5. The first-order valence-electron chi connectivity index (χ1n) is 11.9. The number of halogens is 1. The van der Waals surface area contributed by atoms with E-state index in [-0.39, 0.29) is 17.5 Å². The van der Waals surface area contributed by atoms with Crippen molar-refractivity contribution in [1.82, 2.24) is 25.4 Å². The number of carbonyl (C=O) groups excluding carboxylic acids is 1. The van der Waals surface area contributed by atoms with Gasteiger partial charge in [0.15, 0.2) is 0 Å². The van der Waals surface area contributed by atoms with E-state index >= 15 is 4.39 Å². The van der Waals surface area contributed by atoms with Crippen LogP contribution in [0, 0.1) is 5.82 Å². The van der Waals surface area contributed by atoms with Crippen LogP contribution in [0.3, 0.4) is 0 Å². The van der Waals surface area contributed by atoms with Crippen LogP contribution in [0.4, 0.5) is 4.39 Å². The number of pyridine rings is 1. The Hall–Kier alpha value is -3.78. The van der Waals surface area contributed by atoms with Crippen LogP contribution in [-0.2, 0) is 13.5 Å². The van der Waals surface area contributed by atoms with Crippen LogP contribution in [0.25, 0.3) is 22.2 Å². The van der Waals surface area contributed by atoms with Gasteiger partial charge in [-0.3, -0.25) is 14.5 Å². The van der Waals surface area contributed by atoms with Gasteiger partial charge in [0.25, 0.3) is 5.91 Å². The van der Waals surface area contributed by atoms with E-state index in [0.717, 1.165) is 36.8 Å². The van der Waals surface area contributed by atoms with Gasteiger partial charge in [-0.05, 0) is 68.2 Å². The lowest BCUT2D eigenvalue weighted by atomic mass is 9.97. The molecule has 7 nitrogen and oxygen atoms in total. The van der Waals surface area contributed by atoms with Gasteiger partial charge in [0, 0.05) is 42.4 Å². The Morgan fingerprint density at radius 1 is 1.17 bits per heavy atom. The molecule has 0 unspecified atom stereocenters. The first kappa shape index (κ1) is 23.0. The van der Waals surface area contributed by atoms with E-state index in [9.17, 15) is 4.79 Å². The van der Waals surface area contributed by atoms with Crippen LogP contribution < -0.4 is 15.4 Å². The predicted molar refractivity (Wildman–Crippen MR) is 133 cm³/mol. The van der Waals surface area contributed by atoms with Crippen molar-refractivity contribution < 1.29 is 13.9 Å². The van der Waals surface area contributed by atoms with Crippen molar-refractivity contribution in [3.63, 3.8) is 0 Å². The van der Waals surface area contributed by atoms with E-state index in [4.69, 9.17) is 4.74 Å². The molecule has 0 atom stereocenters. The normalized spacial score (nSPS) is 14.3. The van der Waals surface area contributed by atoms with E-state index in [1.54, 1.807) is 29.2 Å². The largest absolute Gasteiger partial charge is 0.457 e. The summed E-state index contributed by atoms with van der Waals surface area (Å²) in [6.07, 6.45) is 5.66. The molecule has 1 aliphatic heterocycles. The van der Waals surface area contributed by atoms with Crippen molar-refractivity contribution in [2.45, 2.75) is 32.2 Å². The molecular formula is C27H28FN5O2. The smallest absolute Gasteiger partial charge is 0.254 e. The summed E-state index contributed by atoms with van der Waals surface area (Å²) < 4.78 is 23.1. The van der Waals surface area contributed by atoms with Gasteiger partial charge >= 0.3 is 0 Å². The van der Waals surface area contributed by atoms with Crippen LogP contribution in [0.2, 0.25) is 0 Å². The number of nitrogens with zero attached hydrogens (tertiary/aromatic N) is 3. The van der Waals surface area contributed by atoms with Crippen LogP contribution >= 0.6 is 0 Å². The number of benzene rings is 2. The molecule has 5 rings (SSSR count). The standard InChI is InChI=1S/C27H28FN5O2/c1-3-17-12-19(13-23(28)26(17)27(34)32-20-6-9-29-10-7-20)24-14-22(8-11-30-24)35-21-5-4-18-16-31-33(2)25(18)15-21/h4-5,8,11-16,20,29H,3,6-7,9-10H2,1-2H3,(H,32,34). The fourth-order valence-corrected chi connectivity index (χ4v) is 4.52. The Labute approximate surface area is 203 Å². The molecule has 8 heteroatoms. The van der Waals surface area contributed by atoms with E-state index in [0.29, 0.717) is 34.7 Å². The van der Waals surface area contributed by atoms with Crippen LogP contribution in [0.15, 0.2) is 54.9 Å². The molecule has 1 amide bonds. The molecule has 0 bridgehead atoms. The highest BCUT2D eigenvalue weighted by Crippen LogP contribution is 2.30. The number of rotatable bonds is 6. The minimum atomic E-state index is -0.541. The minimum Gasteiger partial charge on any atom is -0.457 e. The maximum atomic E-state index is 15.3. The highest BCUT2D eigenvalue weighted by molar-refractivity contribution is 5.96. The molecule has 2 N–H and O–H groups in total. The molecule has 0 aliphatic carbocycles. The summed E-state index contributed by atoms with van der Waals surface area (Å²) in [6.45, 7) is 3.63. The molecule has 4 aromatic rings. The van der Waals surface area contributed by atoms with Crippen LogP contribution in [-0.4, -0.2) is 39.8 Å². The lowest BCUT2D eigenvalue weighted by Crippen LogP contribution is -2.43. The summed E-state index contributed by atoms with van der Waals surface area (Å²) >= 11 is 0. The highest BCUT2D eigenvalue weighted by Gasteiger charge is 2.22. The van der Waals surface area contributed by atoms with E-state index in [2.05, 4.69) is 20.7 Å². The third-order valence-electron chi connectivity index (χ3n) is 6.44. The third kappa shape index (κ3) is 4.88. The second-order valence-corrected chi connectivity index (χ2v) is 8.81. The molecule has 35 heavy (non-hydrogen) atoms. The number of hydrogen-bond donors (Lipinski definition) is 2. The lowest BCUT2D eigenvalue weighted by molar-refractivity contribution is 0.0924. The average molecular weight is 474 g/mol. The molecule has 1 saturated heterocycles. The Morgan fingerprint density at radius 2 is 1.97 bits per heavy atom. The van der Waals surface area contributed by atoms with Crippen LogP contribution in [0.5, 0.6) is 11.5 Å². The third-order valence-corrected chi connectivity index (χ3v) is 6.44. The van der Waals surface area contributed by atoms with E-state index in [1.807, 2.05) is 38.2 Å². The minimum absolute atomic E-state index is 0.0635. The molecule has 3 heterocycles. The topological polar surface area (TPSA) is 81.1 Å². The quantitative estimate of drug-likeness (QED) is 0.427. The summed E-state index contributed by atoms with van der Waals surface area (Å²) in [5.41, 5.74) is 2.91. The predicted octanol–water partition coefficient (Wildman–Crippen LogP) is 4.61. The number of piperidine rings is 1. The number of aromatic nitrogens is 3. The number of fused-ring (bicyclic) bond motifs is 1. The Bertz CT molecular complexity index is 1380. The van der Waals surface area contributed by atoms with Gasteiger partial charge < -0.3 is 15.4 Å². The maximum Gasteiger partial charge on any atom is 0.254 e. The van der Waals surface area contributed by atoms with E-state index < -0.39 is 5.82 Å². The Balaban J connectivity index is 1.40. The van der Waals surface area contributed by atoms with Gasteiger partial charge in [-0.2, -0.15) is 5.10 Å². The molecule has 0 saturated carbocycles. The summed E-state index contributed by atoms with van der Waals surface area (Å²) in [4.78, 5) is 17.3. The van der Waals surface area contributed by atoms with Crippen molar-refractivity contribution in [3.8, 4) is 22.8 Å². The van der Waals surface area contributed by atoms with Gasteiger partial charge in [0.05, 0.1) is 23.0 Å². The Kier molecular flexibility index (Phi) is 6.46. The highest BCUT2D eigenvalue weighted by atomic mass is 19.1. The number of nitrogens with one attached hydrogen (secondary N) is 2. The fraction of sp³-hybridized carbons (Fsp3) is 0.296. The SMILES string of the molecule is CCc1cc(-c2cc(Oc3ccc4cnn(C)c4c3)ccn2)cc(F)c1C(=O)NC1CCNCC1. The average Bonchev–Trinajstić information content (AvgIpc) is 3.24. The summed E-state index contributed by atoms with van der Waals surface area (Å²) in [5.74, 6) is 0.361. The van der Waals surface area contributed by atoms with Gasteiger partial charge in [0.1, 0.15) is 17.3 Å². The van der Waals surface area contributed by atoms with Crippen molar-refractivity contribution >= 4 is 16.8 Å². The van der Waals surface area contributed by atoms with Gasteiger partial charge in [-0.15, -0.1) is 0 Å². The second-order valence-electron chi connectivity index (χ2n) is 8.81. The molecule has 1 aliphatic rings. The molecule has 180 valence electrons. The number of ether oxygens (including phenoxy) is 1. The number of aryl methyl sites for hydroxylation is 2.